The summed E-state index contributed by atoms with van der Waals surface area (Å²) in [5, 5.41) is 0.381. The summed E-state index contributed by atoms with van der Waals surface area (Å²) in [5.74, 6) is -0.536. The Morgan fingerprint density at radius 2 is 1.80 bits per heavy atom. The molecule has 2 heterocycles. The second kappa shape index (κ2) is 10.8. The molecular formula is C23H29ClN4O6S. The van der Waals surface area contributed by atoms with Crippen molar-refractivity contribution in [1.82, 2.24) is 14.2 Å². The summed E-state index contributed by atoms with van der Waals surface area (Å²) in [4.78, 5) is 29.8. The van der Waals surface area contributed by atoms with E-state index in [0.717, 1.165) is 0 Å². The Kier molecular flexibility index (Phi) is 8.24. The maximum absolute atomic E-state index is 13.7. The standard InChI is InChI=1S/C23H29ClN4O6S/c1-23(2,3)34-22(30)26-10-12-27(13-11-26)35(31,32)28(20-7-5-6-18(24)14-20)16-19-9-8-17(15-25-19)21(29)33-4/h5-9,14-15H,10-13,16H2,1-4H3. The second-order valence-corrected chi connectivity index (χ2v) is 11.2. The van der Waals surface area contributed by atoms with E-state index in [0.29, 0.717) is 16.4 Å². The predicted octanol–water partition coefficient (Wildman–Crippen LogP) is 3.33. The van der Waals surface area contributed by atoms with Crippen LogP contribution < -0.4 is 4.31 Å². The van der Waals surface area contributed by atoms with Crippen LogP contribution in [0.4, 0.5) is 10.5 Å². The van der Waals surface area contributed by atoms with E-state index in [1.165, 1.54) is 32.9 Å². The van der Waals surface area contributed by atoms with Crippen LogP contribution in [0.5, 0.6) is 0 Å². The van der Waals surface area contributed by atoms with Gasteiger partial charge in [-0.2, -0.15) is 12.7 Å². The van der Waals surface area contributed by atoms with Crippen LogP contribution >= 0.6 is 11.6 Å². The summed E-state index contributed by atoms with van der Waals surface area (Å²) in [6, 6.07) is 9.60. The van der Waals surface area contributed by atoms with Gasteiger partial charge in [0.2, 0.25) is 0 Å². The zero-order valence-corrected chi connectivity index (χ0v) is 21.7. The van der Waals surface area contributed by atoms with Crippen molar-refractivity contribution >= 4 is 39.6 Å². The first kappa shape index (κ1) is 26.7. The summed E-state index contributed by atoms with van der Waals surface area (Å²) in [6.07, 6.45) is 0.861. The number of nitrogens with zero attached hydrogens (tertiary/aromatic N) is 4. The van der Waals surface area contributed by atoms with Gasteiger partial charge in [0, 0.05) is 37.4 Å². The third kappa shape index (κ3) is 6.83. The Hall–Kier alpha value is -2.89. The fourth-order valence-electron chi connectivity index (χ4n) is 3.41. The van der Waals surface area contributed by atoms with Crippen LogP contribution in [0.3, 0.4) is 0 Å². The van der Waals surface area contributed by atoms with Crippen LogP contribution in [-0.4, -0.2) is 73.6 Å². The number of carbonyl (C=O) groups excluding carboxylic acids is 2. The molecule has 1 aliphatic heterocycles. The van der Waals surface area contributed by atoms with E-state index in [2.05, 4.69) is 9.72 Å². The molecule has 12 heteroatoms. The first-order valence-corrected chi connectivity index (χ1v) is 12.7. The van der Waals surface area contributed by atoms with Crippen molar-refractivity contribution in [2.75, 3.05) is 37.6 Å². The third-order valence-electron chi connectivity index (χ3n) is 5.14. The normalized spacial score (nSPS) is 14.9. The lowest BCUT2D eigenvalue weighted by Crippen LogP contribution is -2.54. The highest BCUT2D eigenvalue weighted by Crippen LogP contribution is 2.26. The molecule has 1 aromatic carbocycles. The van der Waals surface area contributed by atoms with Crippen molar-refractivity contribution in [3.8, 4) is 0 Å². The molecule has 190 valence electrons. The van der Waals surface area contributed by atoms with Gasteiger partial charge in [0.25, 0.3) is 0 Å². The molecule has 10 nitrogen and oxygen atoms in total. The first-order valence-electron chi connectivity index (χ1n) is 11.0. The van der Waals surface area contributed by atoms with E-state index >= 15 is 0 Å². The van der Waals surface area contributed by atoms with Gasteiger partial charge >= 0.3 is 22.3 Å². The minimum absolute atomic E-state index is 0.0869. The lowest BCUT2D eigenvalue weighted by molar-refractivity contribution is 0.0192. The quantitative estimate of drug-likeness (QED) is 0.533. The minimum Gasteiger partial charge on any atom is -0.465 e. The molecule has 0 aliphatic carbocycles. The molecule has 0 bridgehead atoms. The summed E-state index contributed by atoms with van der Waals surface area (Å²) < 4.78 is 40.0. The molecule has 1 aliphatic rings. The maximum atomic E-state index is 13.7. The van der Waals surface area contributed by atoms with Crippen molar-refractivity contribution in [2.24, 2.45) is 0 Å². The van der Waals surface area contributed by atoms with Crippen LogP contribution in [0.2, 0.25) is 5.02 Å². The molecule has 35 heavy (non-hydrogen) atoms. The second-order valence-electron chi connectivity index (χ2n) is 8.89. The number of carbonyl (C=O) groups is 2. The lowest BCUT2D eigenvalue weighted by Gasteiger charge is -2.37. The van der Waals surface area contributed by atoms with Gasteiger partial charge < -0.3 is 14.4 Å². The molecule has 3 rings (SSSR count). The molecule has 1 fully saturated rings. The molecular weight excluding hydrogens is 496 g/mol. The van der Waals surface area contributed by atoms with Gasteiger partial charge in [-0.1, -0.05) is 17.7 Å². The molecule has 1 aromatic heterocycles. The Labute approximate surface area is 210 Å². The van der Waals surface area contributed by atoms with Crippen LogP contribution in [0, 0.1) is 0 Å². The minimum atomic E-state index is -4.01. The zero-order valence-electron chi connectivity index (χ0n) is 20.1. The van der Waals surface area contributed by atoms with Crippen molar-refractivity contribution in [2.45, 2.75) is 32.9 Å². The Bertz CT molecular complexity index is 1160. The molecule has 1 saturated heterocycles. The number of piperazine rings is 1. The summed E-state index contributed by atoms with van der Waals surface area (Å²) in [5.41, 5.74) is 0.409. The van der Waals surface area contributed by atoms with Crippen molar-refractivity contribution in [3.05, 3.63) is 58.9 Å². The zero-order chi connectivity index (χ0) is 25.8. The highest BCUT2D eigenvalue weighted by atomic mass is 35.5. The number of halogens is 1. The number of aromatic nitrogens is 1. The molecule has 0 unspecified atom stereocenters. The highest BCUT2D eigenvalue weighted by molar-refractivity contribution is 7.90. The van der Waals surface area contributed by atoms with Gasteiger partial charge in [0.05, 0.1) is 30.6 Å². The van der Waals surface area contributed by atoms with E-state index < -0.39 is 27.9 Å². The average molecular weight is 525 g/mol. The number of methoxy groups -OCH3 is 1. The number of esters is 1. The molecule has 0 radical (unpaired) electrons. The molecule has 0 saturated carbocycles. The molecule has 2 aromatic rings. The predicted molar refractivity (Wildman–Crippen MR) is 132 cm³/mol. The van der Waals surface area contributed by atoms with Crippen LogP contribution in [0.1, 0.15) is 36.8 Å². The topological polar surface area (TPSA) is 109 Å². The first-order chi connectivity index (χ1) is 16.4. The number of rotatable bonds is 6. The Morgan fingerprint density at radius 3 is 2.34 bits per heavy atom. The monoisotopic (exact) mass is 524 g/mol. The number of benzene rings is 1. The fraction of sp³-hybridized carbons (Fsp3) is 0.435. The van der Waals surface area contributed by atoms with Gasteiger partial charge in [-0.05, 0) is 51.1 Å². The number of pyridine rings is 1. The smallest absolute Gasteiger partial charge is 0.410 e. The summed E-state index contributed by atoms with van der Waals surface area (Å²) >= 11 is 6.15. The van der Waals surface area contributed by atoms with E-state index in [1.54, 1.807) is 51.1 Å². The number of hydrogen-bond acceptors (Lipinski definition) is 7. The average Bonchev–Trinajstić information content (AvgIpc) is 2.81. The number of hydrogen-bond donors (Lipinski definition) is 0. The Balaban J connectivity index is 1.82. The van der Waals surface area contributed by atoms with E-state index in [-0.39, 0.29) is 38.3 Å². The van der Waals surface area contributed by atoms with Crippen molar-refractivity contribution in [1.29, 1.82) is 0 Å². The van der Waals surface area contributed by atoms with Gasteiger partial charge in [-0.15, -0.1) is 0 Å². The SMILES string of the molecule is COC(=O)c1ccc(CN(c2cccc(Cl)c2)S(=O)(=O)N2CCN(C(=O)OC(C)(C)C)CC2)nc1. The van der Waals surface area contributed by atoms with Gasteiger partial charge in [-0.3, -0.25) is 9.29 Å². The van der Waals surface area contributed by atoms with Crippen molar-refractivity contribution < 1.29 is 27.5 Å². The number of ether oxygens (including phenoxy) is 2. The van der Waals surface area contributed by atoms with Crippen molar-refractivity contribution in [3.63, 3.8) is 0 Å². The molecule has 1 amide bonds. The number of amides is 1. The molecule has 0 spiro atoms. The summed E-state index contributed by atoms with van der Waals surface area (Å²) in [6.45, 7) is 5.85. The van der Waals surface area contributed by atoms with E-state index in [1.807, 2.05) is 0 Å². The summed E-state index contributed by atoms with van der Waals surface area (Å²) in [7, 11) is -2.74. The van der Waals surface area contributed by atoms with Gasteiger partial charge in [0.15, 0.2) is 0 Å². The molecule has 0 N–H and O–H groups in total. The largest absolute Gasteiger partial charge is 0.465 e. The molecule has 0 atom stereocenters. The lowest BCUT2D eigenvalue weighted by atomic mass is 10.2. The third-order valence-corrected chi connectivity index (χ3v) is 7.29. The van der Waals surface area contributed by atoms with Gasteiger partial charge in [0.1, 0.15) is 5.60 Å². The fourth-order valence-corrected chi connectivity index (χ4v) is 5.17. The van der Waals surface area contributed by atoms with Crippen LogP contribution in [0.25, 0.3) is 0 Å². The Morgan fingerprint density at radius 1 is 1.11 bits per heavy atom. The maximum Gasteiger partial charge on any atom is 0.410 e. The van der Waals surface area contributed by atoms with Gasteiger partial charge in [-0.25, -0.2) is 9.59 Å². The van der Waals surface area contributed by atoms with E-state index in [4.69, 9.17) is 16.3 Å². The number of anilines is 1. The highest BCUT2D eigenvalue weighted by Gasteiger charge is 2.35. The van der Waals surface area contributed by atoms with E-state index in [9.17, 15) is 18.0 Å². The van der Waals surface area contributed by atoms with Crippen LogP contribution in [-0.2, 0) is 26.2 Å². The van der Waals surface area contributed by atoms with Crippen LogP contribution in [0.15, 0.2) is 42.6 Å².